The number of hydrogen-bond acceptors (Lipinski definition) is 6. The Morgan fingerprint density at radius 1 is 1.29 bits per heavy atom. The van der Waals surface area contributed by atoms with Crippen molar-refractivity contribution in [1.29, 1.82) is 0 Å². The summed E-state index contributed by atoms with van der Waals surface area (Å²) in [5.74, 6) is 1.15. The number of thiazole rings is 1. The molecule has 3 heterocycles. The Kier molecular flexibility index (Phi) is 5.94. The molecule has 0 bridgehead atoms. The van der Waals surface area contributed by atoms with Crippen molar-refractivity contribution in [2.45, 2.75) is 33.0 Å². The van der Waals surface area contributed by atoms with Crippen LogP contribution in [0.15, 0.2) is 24.3 Å². The first-order valence-corrected chi connectivity index (χ1v) is 10.7. The van der Waals surface area contributed by atoms with Crippen molar-refractivity contribution in [3.8, 4) is 16.3 Å². The number of carbonyl (C=O) groups is 1. The molecule has 0 spiro atoms. The van der Waals surface area contributed by atoms with E-state index in [9.17, 15) is 4.79 Å². The summed E-state index contributed by atoms with van der Waals surface area (Å²) in [6.45, 7) is 7.26. The van der Waals surface area contributed by atoms with Crippen molar-refractivity contribution in [2.24, 2.45) is 5.92 Å². The van der Waals surface area contributed by atoms with E-state index in [4.69, 9.17) is 14.2 Å². The first-order chi connectivity index (χ1) is 13.7. The topological polar surface area (TPSA) is 60.9 Å². The molecule has 1 aromatic heterocycles. The van der Waals surface area contributed by atoms with Crippen molar-refractivity contribution in [3.63, 3.8) is 0 Å². The second-order valence-corrected chi connectivity index (χ2v) is 8.15. The predicted molar refractivity (Wildman–Crippen MR) is 108 cm³/mol. The van der Waals surface area contributed by atoms with Gasteiger partial charge in [-0.25, -0.2) is 4.98 Å². The molecule has 4 rings (SSSR count). The van der Waals surface area contributed by atoms with Crippen molar-refractivity contribution < 1.29 is 19.0 Å². The summed E-state index contributed by atoms with van der Waals surface area (Å²) in [5.41, 5.74) is 1.79. The molecule has 6 nitrogen and oxygen atoms in total. The number of hydrogen-bond donors (Lipinski definition) is 0. The van der Waals surface area contributed by atoms with Crippen LogP contribution in [-0.4, -0.2) is 55.0 Å². The van der Waals surface area contributed by atoms with Crippen LogP contribution >= 0.6 is 11.3 Å². The zero-order valence-corrected chi connectivity index (χ0v) is 17.2. The molecule has 7 heteroatoms. The molecule has 2 aromatic rings. The van der Waals surface area contributed by atoms with E-state index < -0.39 is 0 Å². The lowest BCUT2D eigenvalue weighted by atomic mass is 9.97. The Balaban J connectivity index is 1.48. The zero-order chi connectivity index (χ0) is 19.5. The largest absolute Gasteiger partial charge is 0.494 e. The number of likely N-dealkylation sites (tertiary alicyclic amines) is 1. The molecule has 0 saturated carbocycles. The summed E-state index contributed by atoms with van der Waals surface area (Å²) in [5, 5.41) is 0.861. The fourth-order valence-corrected chi connectivity index (χ4v) is 4.83. The Bertz CT molecular complexity index is 814. The highest BCUT2D eigenvalue weighted by molar-refractivity contribution is 7.17. The van der Waals surface area contributed by atoms with E-state index in [-0.39, 0.29) is 18.1 Å². The molecule has 2 fully saturated rings. The van der Waals surface area contributed by atoms with E-state index in [1.54, 1.807) is 0 Å². The summed E-state index contributed by atoms with van der Waals surface area (Å²) in [4.78, 5) is 20.5. The van der Waals surface area contributed by atoms with Gasteiger partial charge < -0.3 is 19.1 Å². The fourth-order valence-electron chi connectivity index (χ4n) is 3.79. The Morgan fingerprint density at radius 2 is 2.04 bits per heavy atom. The van der Waals surface area contributed by atoms with Crippen LogP contribution < -0.4 is 4.74 Å². The molecule has 2 aliphatic rings. The Labute approximate surface area is 169 Å². The molecule has 1 amide bonds. The minimum absolute atomic E-state index is 0.0647. The van der Waals surface area contributed by atoms with Crippen LogP contribution in [0, 0.1) is 12.8 Å². The number of amides is 1. The number of rotatable bonds is 5. The minimum Gasteiger partial charge on any atom is -0.494 e. The summed E-state index contributed by atoms with van der Waals surface area (Å²) < 4.78 is 16.8. The number of nitrogens with zero attached hydrogens (tertiary/aromatic N) is 2. The molecule has 2 saturated heterocycles. The van der Waals surface area contributed by atoms with Gasteiger partial charge in [0, 0.05) is 24.6 Å². The lowest BCUT2D eigenvalue weighted by molar-refractivity contribution is -0.0969. The first kappa shape index (κ1) is 19.4. The number of piperidine rings is 1. The van der Waals surface area contributed by atoms with Gasteiger partial charge in [-0.05, 0) is 51.0 Å². The molecule has 1 aromatic carbocycles. The molecule has 0 N–H and O–H groups in total. The molecule has 150 valence electrons. The van der Waals surface area contributed by atoms with E-state index in [1.807, 2.05) is 43.0 Å². The number of aryl methyl sites for hydroxylation is 1. The van der Waals surface area contributed by atoms with Gasteiger partial charge in [-0.3, -0.25) is 4.79 Å². The second kappa shape index (κ2) is 8.59. The third-order valence-electron chi connectivity index (χ3n) is 5.18. The molecule has 28 heavy (non-hydrogen) atoms. The van der Waals surface area contributed by atoms with Gasteiger partial charge in [-0.1, -0.05) is 0 Å². The quantitative estimate of drug-likeness (QED) is 0.762. The van der Waals surface area contributed by atoms with E-state index in [0.717, 1.165) is 46.3 Å². The van der Waals surface area contributed by atoms with E-state index in [0.29, 0.717) is 26.4 Å². The molecule has 0 radical (unpaired) electrons. The lowest BCUT2D eigenvalue weighted by Crippen LogP contribution is -2.43. The van der Waals surface area contributed by atoms with Crippen molar-refractivity contribution in [3.05, 3.63) is 34.8 Å². The van der Waals surface area contributed by atoms with Crippen LogP contribution in [0.1, 0.15) is 35.1 Å². The van der Waals surface area contributed by atoms with Gasteiger partial charge in [0.15, 0.2) is 6.29 Å². The van der Waals surface area contributed by atoms with Gasteiger partial charge >= 0.3 is 0 Å². The maximum atomic E-state index is 13.2. The standard InChI is InChI=1S/C21H26N2O4S/c1-3-25-17-8-6-15(7-9-17)19-22-14(2)18(28-19)20(24)23-10-4-5-16(13-23)21-26-11-12-27-21/h6-9,16,21H,3-5,10-13H2,1-2H3. The minimum atomic E-state index is -0.169. The van der Waals surface area contributed by atoms with Crippen LogP contribution in [0.3, 0.4) is 0 Å². The molecule has 1 atom stereocenters. The maximum absolute atomic E-state index is 13.2. The summed E-state index contributed by atoms with van der Waals surface area (Å²) >= 11 is 1.46. The monoisotopic (exact) mass is 402 g/mol. The van der Waals surface area contributed by atoms with Crippen LogP contribution in [-0.2, 0) is 9.47 Å². The zero-order valence-electron chi connectivity index (χ0n) is 16.3. The summed E-state index contributed by atoms with van der Waals surface area (Å²) in [6.07, 6.45) is 1.84. The number of benzene rings is 1. The van der Waals surface area contributed by atoms with Crippen molar-refractivity contribution in [2.75, 3.05) is 32.9 Å². The summed E-state index contributed by atoms with van der Waals surface area (Å²) in [7, 11) is 0. The molecular formula is C21H26N2O4S. The maximum Gasteiger partial charge on any atom is 0.265 e. The van der Waals surface area contributed by atoms with Gasteiger partial charge in [0.2, 0.25) is 0 Å². The third-order valence-corrected chi connectivity index (χ3v) is 6.38. The third kappa shape index (κ3) is 4.06. The van der Waals surface area contributed by atoms with Gasteiger partial charge in [-0.15, -0.1) is 11.3 Å². The molecule has 1 unspecified atom stereocenters. The van der Waals surface area contributed by atoms with E-state index >= 15 is 0 Å². The average Bonchev–Trinajstić information content (AvgIpc) is 3.38. The van der Waals surface area contributed by atoms with Gasteiger partial charge in [0.1, 0.15) is 15.6 Å². The second-order valence-electron chi connectivity index (χ2n) is 7.15. The van der Waals surface area contributed by atoms with E-state index in [2.05, 4.69) is 4.98 Å². The van der Waals surface area contributed by atoms with Crippen LogP contribution in [0.5, 0.6) is 5.75 Å². The smallest absolute Gasteiger partial charge is 0.265 e. The highest BCUT2D eigenvalue weighted by Gasteiger charge is 2.34. The number of ether oxygens (including phenoxy) is 3. The number of carbonyl (C=O) groups excluding carboxylic acids is 1. The average molecular weight is 403 g/mol. The van der Waals surface area contributed by atoms with Crippen LogP contribution in [0.4, 0.5) is 0 Å². The first-order valence-electron chi connectivity index (χ1n) is 9.89. The van der Waals surface area contributed by atoms with Crippen molar-refractivity contribution in [1.82, 2.24) is 9.88 Å². The normalized spacial score (nSPS) is 20.5. The van der Waals surface area contributed by atoms with Crippen LogP contribution in [0.2, 0.25) is 0 Å². The Hall–Kier alpha value is -1.96. The SMILES string of the molecule is CCOc1ccc(-c2nc(C)c(C(=O)N3CCCC(C4OCCO4)C3)s2)cc1. The molecule has 2 aliphatic heterocycles. The molecule has 0 aliphatic carbocycles. The van der Waals surface area contributed by atoms with Crippen molar-refractivity contribution >= 4 is 17.2 Å². The van der Waals surface area contributed by atoms with Crippen LogP contribution in [0.25, 0.3) is 10.6 Å². The van der Waals surface area contributed by atoms with Gasteiger partial charge in [0.05, 0.1) is 25.5 Å². The highest BCUT2D eigenvalue weighted by atomic mass is 32.1. The Morgan fingerprint density at radius 3 is 2.75 bits per heavy atom. The number of aromatic nitrogens is 1. The van der Waals surface area contributed by atoms with Gasteiger partial charge in [0.25, 0.3) is 5.91 Å². The lowest BCUT2D eigenvalue weighted by Gasteiger charge is -2.34. The predicted octanol–water partition coefficient (Wildman–Crippen LogP) is 3.74. The molecular weight excluding hydrogens is 376 g/mol. The summed E-state index contributed by atoms with van der Waals surface area (Å²) in [6, 6.07) is 7.86. The van der Waals surface area contributed by atoms with Gasteiger partial charge in [-0.2, -0.15) is 0 Å². The fraction of sp³-hybridized carbons (Fsp3) is 0.524. The van der Waals surface area contributed by atoms with E-state index in [1.165, 1.54) is 11.3 Å². The highest BCUT2D eigenvalue weighted by Crippen LogP contribution is 2.32.